The van der Waals surface area contributed by atoms with Crippen LogP contribution in [0, 0.1) is 11.3 Å². The summed E-state index contributed by atoms with van der Waals surface area (Å²) >= 11 is 6.34. The van der Waals surface area contributed by atoms with Gasteiger partial charge in [0.15, 0.2) is 5.82 Å². The summed E-state index contributed by atoms with van der Waals surface area (Å²) in [6.45, 7) is 4.02. The van der Waals surface area contributed by atoms with Crippen LogP contribution in [0.5, 0.6) is 0 Å². The molecule has 0 unspecified atom stereocenters. The van der Waals surface area contributed by atoms with Crippen molar-refractivity contribution in [1.82, 2.24) is 20.3 Å². The lowest BCUT2D eigenvalue weighted by atomic mass is 10.1. The lowest BCUT2D eigenvalue weighted by Crippen LogP contribution is -2.48. The molecule has 1 saturated heterocycles. The first kappa shape index (κ1) is 21.3. The van der Waals surface area contributed by atoms with Gasteiger partial charge in [0.1, 0.15) is 11.1 Å². The van der Waals surface area contributed by atoms with Crippen molar-refractivity contribution in [3.8, 4) is 6.07 Å². The molecular formula is C22H26ClN7O. The van der Waals surface area contributed by atoms with Gasteiger partial charge in [-0.25, -0.2) is 4.98 Å². The summed E-state index contributed by atoms with van der Waals surface area (Å²) in [5.74, 6) is 0.153. The number of nitriles is 1. The van der Waals surface area contributed by atoms with Crippen molar-refractivity contribution < 1.29 is 4.79 Å². The number of amides is 1. The fraction of sp³-hybridized carbons (Fsp3) is 0.455. The Morgan fingerprint density at radius 3 is 2.52 bits per heavy atom. The molecule has 2 fully saturated rings. The Hall–Kier alpha value is -2.89. The molecule has 2 heterocycles. The van der Waals surface area contributed by atoms with Gasteiger partial charge in [-0.1, -0.05) is 24.4 Å². The van der Waals surface area contributed by atoms with Crippen molar-refractivity contribution in [2.45, 2.75) is 31.7 Å². The highest BCUT2D eigenvalue weighted by Gasteiger charge is 2.28. The number of hydrogen-bond donors (Lipinski definition) is 1. The zero-order valence-electron chi connectivity index (χ0n) is 17.6. The topological polar surface area (TPSA) is 88.4 Å². The van der Waals surface area contributed by atoms with Gasteiger partial charge in [0.25, 0.3) is 5.91 Å². The van der Waals surface area contributed by atoms with Crippen LogP contribution in [0.25, 0.3) is 0 Å². The molecule has 1 amide bonds. The lowest BCUT2D eigenvalue weighted by molar-refractivity contribution is 0.0944. The first-order valence-corrected chi connectivity index (χ1v) is 11.0. The van der Waals surface area contributed by atoms with Crippen molar-refractivity contribution >= 4 is 29.0 Å². The number of hydrazine groups is 1. The van der Waals surface area contributed by atoms with E-state index in [4.69, 9.17) is 11.6 Å². The average Bonchev–Trinajstić information content (AvgIpc) is 3.33. The Labute approximate surface area is 187 Å². The largest absolute Gasteiger partial charge is 0.369 e. The third-order valence-corrected chi connectivity index (χ3v) is 6.23. The smallest absolute Gasteiger partial charge is 0.269 e. The highest BCUT2D eigenvalue weighted by molar-refractivity contribution is 6.32. The maximum atomic E-state index is 13.1. The highest BCUT2D eigenvalue weighted by Crippen LogP contribution is 2.30. The fourth-order valence-corrected chi connectivity index (χ4v) is 4.30. The van der Waals surface area contributed by atoms with Gasteiger partial charge in [-0.2, -0.15) is 10.2 Å². The molecule has 8 nitrogen and oxygen atoms in total. The average molecular weight is 440 g/mol. The third-order valence-electron chi connectivity index (χ3n) is 5.96. The predicted octanol–water partition coefficient (Wildman–Crippen LogP) is 2.85. The molecule has 0 bridgehead atoms. The monoisotopic (exact) mass is 439 g/mol. The molecule has 1 aliphatic heterocycles. The normalized spacial score (nSPS) is 17.4. The highest BCUT2D eigenvalue weighted by atomic mass is 35.5. The van der Waals surface area contributed by atoms with E-state index >= 15 is 0 Å². The Morgan fingerprint density at radius 2 is 1.87 bits per heavy atom. The molecule has 1 N–H and O–H groups in total. The Morgan fingerprint density at radius 1 is 1.19 bits per heavy atom. The fourth-order valence-electron chi connectivity index (χ4n) is 4.12. The van der Waals surface area contributed by atoms with Gasteiger partial charge in [-0.05, 0) is 44.2 Å². The van der Waals surface area contributed by atoms with E-state index in [2.05, 4.69) is 32.2 Å². The minimum atomic E-state index is -0.231. The summed E-state index contributed by atoms with van der Waals surface area (Å²) < 4.78 is 0. The van der Waals surface area contributed by atoms with E-state index in [0.29, 0.717) is 16.4 Å². The molecule has 1 saturated carbocycles. The molecule has 31 heavy (non-hydrogen) atoms. The summed E-state index contributed by atoms with van der Waals surface area (Å²) in [7, 11) is 2.13. The summed E-state index contributed by atoms with van der Waals surface area (Å²) in [5, 5.41) is 11.2. The van der Waals surface area contributed by atoms with E-state index in [1.807, 2.05) is 30.3 Å². The van der Waals surface area contributed by atoms with Crippen LogP contribution in [-0.4, -0.2) is 60.0 Å². The van der Waals surface area contributed by atoms with Crippen LogP contribution in [0.3, 0.4) is 0 Å². The van der Waals surface area contributed by atoms with E-state index in [9.17, 15) is 10.1 Å². The van der Waals surface area contributed by atoms with Gasteiger partial charge < -0.3 is 9.80 Å². The number of aromatic nitrogens is 2. The molecule has 1 aliphatic carbocycles. The van der Waals surface area contributed by atoms with E-state index in [1.165, 1.54) is 6.20 Å². The van der Waals surface area contributed by atoms with Crippen molar-refractivity contribution in [3.63, 3.8) is 0 Å². The quantitative estimate of drug-likeness (QED) is 0.716. The molecule has 4 rings (SSSR count). The number of hydrogen-bond acceptors (Lipinski definition) is 7. The van der Waals surface area contributed by atoms with E-state index in [0.717, 1.165) is 57.5 Å². The summed E-state index contributed by atoms with van der Waals surface area (Å²) in [5.41, 5.74) is 4.66. The van der Waals surface area contributed by atoms with Crippen molar-refractivity contribution in [2.75, 3.05) is 43.1 Å². The van der Waals surface area contributed by atoms with E-state index < -0.39 is 0 Å². The number of nitrogens with one attached hydrogen (secondary N) is 1. The van der Waals surface area contributed by atoms with E-state index in [1.54, 1.807) is 5.01 Å². The number of carbonyl (C=O) groups excluding carboxylic acids is 1. The molecule has 2 aliphatic rings. The molecule has 162 valence electrons. The molecule has 2 aromatic rings. The number of carbonyl (C=O) groups is 1. The summed E-state index contributed by atoms with van der Waals surface area (Å²) in [6.07, 6.45) is 5.40. The van der Waals surface area contributed by atoms with Gasteiger partial charge in [0.2, 0.25) is 5.82 Å². The number of nitrogens with zero attached hydrogens (tertiary/aromatic N) is 6. The molecule has 0 atom stereocenters. The number of rotatable bonds is 5. The lowest BCUT2D eigenvalue weighted by Gasteiger charge is -2.34. The SMILES string of the molecule is CN1CCN(c2ccc(C(=O)NN(c3nc(C#N)ncc3Cl)C3CCCC3)cc2)CC1. The first-order chi connectivity index (χ1) is 15.0. The first-order valence-electron chi connectivity index (χ1n) is 10.6. The third kappa shape index (κ3) is 4.89. The Kier molecular flexibility index (Phi) is 6.54. The predicted molar refractivity (Wildman–Crippen MR) is 120 cm³/mol. The van der Waals surface area contributed by atoms with Gasteiger partial charge in [0.05, 0.1) is 12.2 Å². The second-order valence-corrected chi connectivity index (χ2v) is 8.47. The van der Waals surface area contributed by atoms with Crippen LogP contribution in [-0.2, 0) is 0 Å². The summed E-state index contributed by atoms with van der Waals surface area (Å²) in [4.78, 5) is 25.9. The molecule has 0 spiro atoms. The number of likely N-dealkylation sites (N-methyl/N-ethyl adjacent to an activating group) is 1. The number of piperazine rings is 1. The van der Waals surface area contributed by atoms with Crippen LogP contribution < -0.4 is 15.3 Å². The minimum Gasteiger partial charge on any atom is -0.369 e. The summed E-state index contributed by atoms with van der Waals surface area (Å²) in [6, 6.07) is 9.69. The number of anilines is 2. The zero-order chi connectivity index (χ0) is 21.8. The minimum absolute atomic E-state index is 0.0215. The Balaban J connectivity index is 1.52. The number of halogens is 1. The second kappa shape index (κ2) is 9.50. The van der Waals surface area contributed by atoms with Gasteiger partial charge in [0, 0.05) is 37.4 Å². The molecule has 9 heteroatoms. The molecule has 0 radical (unpaired) electrons. The van der Waals surface area contributed by atoms with Crippen molar-refractivity contribution in [2.24, 2.45) is 0 Å². The van der Waals surface area contributed by atoms with Gasteiger partial charge in [-0.3, -0.25) is 15.2 Å². The van der Waals surface area contributed by atoms with Gasteiger partial charge in [-0.15, -0.1) is 0 Å². The van der Waals surface area contributed by atoms with Crippen LogP contribution in [0.2, 0.25) is 5.02 Å². The Bertz CT molecular complexity index is 961. The number of benzene rings is 1. The van der Waals surface area contributed by atoms with Crippen LogP contribution >= 0.6 is 11.6 Å². The second-order valence-electron chi connectivity index (χ2n) is 8.06. The van der Waals surface area contributed by atoms with Gasteiger partial charge >= 0.3 is 0 Å². The maximum Gasteiger partial charge on any atom is 0.269 e. The zero-order valence-corrected chi connectivity index (χ0v) is 18.3. The van der Waals surface area contributed by atoms with Crippen molar-refractivity contribution in [3.05, 3.63) is 46.9 Å². The standard InChI is InChI=1S/C22H26ClN7O/c1-28-10-12-29(13-11-28)17-8-6-16(7-9-17)22(31)27-30(18-4-2-3-5-18)21-19(23)15-25-20(14-24)26-21/h6-9,15,18H,2-5,10-13H2,1H3,(H,27,31). The van der Waals surface area contributed by atoms with E-state index in [-0.39, 0.29) is 17.8 Å². The molecular weight excluding hydrogens is 414 g/mol. The van der Waals surface area contributed by atoms with Crippen LogP contribution in [0.15, 0.2) is 30.5 Å². The maximum absolute atomic E-state index is 13.1. The van der Waals surface area contributed by atoms with Crippen LogP contribution in [0.4, 0.5) is 11.5 Å². The molecule has 1 aromatic heterocycles. The van der Waals surface area contributed by atoms with Crippen LogP contribution in [0.1, 0.15) is 41.9 Å². The van der Waals surface area contributed by atoms with Crippen molar-refractivity contribution in [1.29, 1.82) is 5.26 Å². The molecule has 1 aromatic carbocycles.